The van der Waals surface area contributed by atoms with Crippen LogP contribution in [0.5, 0.6) is 0 Å². The van der Waals surface area contributed by atoms with E-state index in [-0.39, 0.29) is 6.10 Å². The summed E-state index contributed by atoms with van der Waals surface area (Å²) < 4.78 is 16.9. The van der Waals surface area contributed by atoms with E-state index < -0.39 is 0 Å². The molecule has 0 aliphatic carbocycles. The highest BCUT2D eigenvalue weighted by molar-refractivity contribution is 5.80. The fourth-order valence-corrected chi connectivity index (χ4v) is 3.25. The minimum Gasteiger partial charge on any atom is -0.467 e. The Morgan fingerprint density at radius 1 is 1.30 bits per heavy atom. The molecule has 146 valence electrons. The van der Waals surface area contributed by atoms with Crippen LogP contribution in [0.2, 0.25) is 0 Å². The lowest BCUT2D eigenvalue weighted by atomic mass is 10.0. The lowest BCUT2D eigenvalue weighted by Gasteiger charge is -2.35. The lowest BCUT2D eigenvalue weighted by molar-refractivity contribution is -0.00835. The number of hydrogen-bond acceptors (Lipinski definition) is 4. The molecule has 1 N–H and O–H groups in total. The van der Waals surface area contributed by atoms with Crippen LogP contribution in [0.15, 0.2) is 52.1 Å². The third-order valence-electron chi connectivity index (χ3n) is 4.69. The summed E-state index contributed by atoms with van der Waals surface area (Å²) in [4.78, 5) is 6.71. The largest absolute Gasteiger partial charge is 0.467 e. The van der Waals surface area contributed by atoms with E-state index in [1.165, 1.54) is 11.1 Å². The highest BCUT2D eigenvalue weighted by Crippen LogP contribution is 2.24. The Bertz CT molecular complexity index is 715. The van der Waals surface area contributed by atoms with Gasteiger partial charge in [0.05, 0.1) is 19.4 Å². The van der Waals surface area contributed by atoms with Crippen LogP contribution in [0.1, 0.15) is 29.4 Å². The van der Waals surface area contributed by atoms with Crippen molar-refractivity contribution in [2.24, 2.45) is 4.99 Å². The molecule has 1 aromatic heterocycles. The first-order valence-corrected chi connectivity index (χ1v) is 9.51. The van der Waals surface area contributed by atoms with E-state index in [0.29, 0.717) is 19.8 Å². The molecule has 0 radical (unpaired) electrons. The number of benzene rings is 1. The van der Waals surface area contributed by atoms with E-state index in [1.54, 1.807) is 6.26 Å². The Morgan fingerprint density at radius 3 is 2.96 bits per heavy atom. The zero-order valence-electron chi connectivity index (χ0n) is 16.2. The molecule has 3 rings (SSSR count). The van der Waals surface area contributed by atoms with E-state index in [4.69, 9.17) is 13.9 Å². The molecule has 1 fully saturated rings. The summed E-state index contributed by atoms with van der Waals surface area (Å²) in [5.74, 6) is 1.78. The summed E-state index contributed by atoms with van der Waals surface area (Å²) >= 11 is 0. The molecule has 0 spiro atoms. The van der Waals surface area contributed by atoms with Gasteiger partial charge in [-0.25, -0.2) is 0 Å². The lowest BCUT2D eigenvalue weighted by Crippen LogP contribution is -2.48. The van der Waals surface area contributed by atoms with Gasteiger partial charge in [0.2, 0.25) is 0 Å². The summed E-state index contributed by atoms with van der Waals surface area (Å²) in [6, 6.07) is 12.2. The van der Waals surface area contributed by atoms with E-state index in [2.05, 4.69) is 46.4 Å². The summed E-state index contributed by atoms with van der Waals surface area (Å²) in [6.07, 6.45) is 2.65. The number of nitrogens with zero attached hydrogens (tertiary/aromatic N) is 2. The molecule has 0 bridgehead atoms. The number of aliphatic imine (C=N–C) groups is 1. The van der Waals surface area contributed by atoms with Gasteiger partial charge in [-0.15, -0.1) is 0 Å². The molecule has 6 nitrogen and oxygen atoms in total. The Balaban J connectivity index is 1.42. The van der Waals surface area contributed by atoms with Crippen molar-refractivity contribution in [2.45, 2.75) is 26.1 Å². The molecule has 2 heterocycles. The average Bonchev–Trinajstić information content (AvgIpc) is 3.21. The molecule has 6 heteroatoms. The predicted octanol–water partition coefficient (Wildman–Crippen LogP) is 3.14. The molecule has 1 aliphatic rings. The highest BCUT2D eigenvalue weighted by atomic mass is 16.5. The first-order valence-electron chi connectivity index (χ1n) is 9.51. The van der Waals surface area contributed by atoms with Crippen molar-refractivity contribution in [1.29, 1.82) is 0 Å². The normalized spacial score (nSPS) is 17.9. The predicted molar refractivity (Wildman–Crippen MR) is 106 cm³/mol. The number of hydrogen-bond donors (Lipinski definition) is 1. The summed E-state index contributed by atoms with van der Waals surface area (Å²) in [7, 11) is 1.83. The van der Waals surface area contributed by atoms with E-state index >= 15 is 0 Å². The first kappa shape index (κ1) is 19.5. The van der Waals surface area contributed by atoms with Crippen molar-refractivity contribution in [2.75, 3.05) is 39.9 Å². The number of morpholine rings is 1. The van der Waals surface area contributed by atoms with Crippen LogP contribution in [0.3, 0.4) is 0 Å². The number of guanidine groups is 1. The smallest absolute Gasteiger partial charge is 0.193 e. The molecule has 0 amide bonds. The zero-order chi connectivity index (χ0) is 18.9. The van der Waals surface area contributed by atoms with Crippen LogP contribution in [0, 0.1) is 6.92 Å². The maximum Gasteiger partial charge on any atom is 0.193 e. The summed E-state index contributed by atoms with van der Waals surface area (Å²) in [6.45, 7) is 6.50. The Labute approximate surface area is 161 Å². The van der Waals surface area contributed by atoms with Crippen molar-refractivity contribution in [1.82, 2.24) is 10.2 Å². The van der Waals surface area contributed by atoms with Crippen LogP contribution < -0.4 is 5.32 Å². The maximum atomic E-state index is 6.01. The monoisotopic (exact) mass is 371 g/mol. The Kier molecular flexibility index (Phi) is 7.30. The van der Waals surface area contributed by atoms with Crippen molar-refractivity contribution >= 4 is 5.96 Å². The second-order valence-electron chi connectivity index (χ2n) is 6.62. The second kappa shape index (κ2) is 10.1. The van der Waals surface area contributed by atoms with Crippen molar-refractivity contribution in [3.05, 3.63) is 59.5 Å². The van der Waals surface area contributed by atoms with Crippen LogP contribution in [0.4, 0.5) is 0 Å². The van der Waals surface area contributed by atoms with Gasteiger partial charge in [-0.2, -0.15) is 0 Å². The topological polar surface area (TPSA) is 59.2 Å². The zero-order valence-corrected chi connectivity index (χ0v) is 16.2. The van der Waals surface area contributed by atoms with E-state index in [0.717, 1.165) is 37.8 Å². The van der Waals surface area contributed by atoms with Gasteiger partial charge in [-0.05, 0) is 36.6 Å². The Morgan fingerprint density at radius 2 is 2.19 bits per heavy atom. The van der Waals surface area contributed by atoms with Crippen LogP contribution in [-0.2, 0) is 16.1 Å². The quantitative estimate of drug-likeness (QED) is 0.460. The van der Waals surface area contributed by atoms with Gasteiger partial charge in [0.15, 0.2) is 5.96 Å². The van der Waals surface area contributed by atoms with E-state index in [9.17, 15) is 0 Å². The van der Waals surface area contributed by atoms with Crippen LogP contribution >= 0.6 is 0 Å². The SMILES string of the molecule is CN=C(NCCCOCc1ccco1)N1CCOC(c2ccccc2C)C1. The third-order valence-corrected chi connectivity index (χ3v) is 4.69. The van der Waals surface area contributed by atoms with E-state index in [1.807, 2.05) is 19.2 Å². The minimum atomic E-state index is 0.0788. The minimum absolute atomic E-state index is 0.0788. The first-order chi connectivity index (χ1) is 13.3. The molecule has 0 saturated carbocycles. The fraction of sp³-hybridized carbons (Fsp3) is 0.476. The van der Waals surface area contributed by atoms with Gasteiger partial charge in [-0.3, -0.25) is 4.99 Å². The number of rotatable bonds is 7. The summed E-state index contributed by atoms with van der Waals surface area (Å²) in [5, 5.41) is 3.44. The Hall–Kier alpha value is -2.31. The second-order valence-corrected chi connectivity index (χ2v) is 6.62. The van der Waals surface area contributed by atoms with Gasteiger partial charge < -0.3 is 24.1 Å². The van der Waals surface area contributed by atoms with Gasteiger partial charge in [0.25, 0.3) is 0 Å². The number of furan rings is 1. The van der Waals surface area contributed by atoms with Crippen LogP contribution in [-0.4, -0.2) is 50.8 Å². The fourth-order valence-electron chi connectivity index (χ4n) is 3.25. The molecule has 1 aliphatic heterocycles. The molecule has 27 heavy (non-hydrogen) atoms. The third kappa shape index (κ3) is 5.58. The molecular formula is C21H29N3O3. The number of ether oxygens (including phenoxy) is 2. The van der Waals surface area contributed by atoms with Gasteiger partial charge in [0.1, 0.15) is 18.5 Å². The molecule has 1 saturated heterocycles. The molecule has 1 aromatic carbocycles. The highest BCUT2D eigenvalue weighted by Gasteiger charge is 2.24. The number of aryl methyl sites for hydroxylation is 1. The van der Waals surface area contributed by atoms with Crippen LogP contribution in [0.25, 0.3) is 0 Å². The van der Waals surface area contributed by atoms with Gasteiger partial charge in [0, 0.05) is 26.7 Å². The molecular weight excluding hydrogens is 342 g/mol. The molecule has 2 aromatic rings. The maximum absolute atomic E-state index is 6.01. The molecule has 1 atom stereocenters. The van der Waals surface area contributed by atoms with Gasteiger partial charge >= 0.3 is 0 Å². The summed E-state index contributed by atoms with van der Waals surface area (Å²) in [5.41, 5.74) is 2.52. The number of nitrogens with one attached hydrogen (secondary N) is 1. The van der Waals surface area contributed by atoms with Crippen molar-refractivity contribution < 1.29 is 13.9 Å². The van der Waals surface area contributed by atoms with Crippen molar-refractivity contribution in [3.63, 3.8) is 0 Å². The average molecular weight is 371 g/mol. The molecule has 1 unspecified atom stereocenters. The van der Waals surface area contributed by atoms with Crippen molar-refractivity contribution in [3.8, 4) is 0 Å². The standard InChI is InChI=1S/C21H29N3O3/c1-17-7-3-4-9-19(17)20-15-24(11-14-27-20)21(22-2)23-10-6-12-25-16-18-8-5-13-26-18/h3-5,7-9,13,20H,6,10-12,14-16H2,1-2H3,(H,22,23). The van der Waals surface area contributed by atoms with Gasteiger partial charge in [-0.1, -0.05) is 24.3 Å².